The normalized spacial score (nSPS) is 16.6. The molecule has 1 fully saturated rings. The van der Waals surface area contributed by atoms with Crippen LogP contribution in [-0.4, -0.2) is 23.9 Å². The van der Waals surface area contributed by atoms with Crippen molar-refractivity contribution in [2.24, 2.45) is 0 Å². The zero-order valence-corrected chi connectivity index (χ0v) is 14.2. The van der Waals surface area contributed by atoms with E-state index in [9.17, 15) is 4.79 Å². The third kappa shape index (κ3) is 4.38. The molecule has 1 aliphatic heterocycles. The van der Waals surface area contributed by atoms with Gasteiger partial charge in [0, 0.05) is 18.0 Å². The van der Waals surface area contributed by atoms with Crippen molar-refractivity contribution in [1.29, 1.82) is 0 Å². The summed E-state index contributed by atoms with van der Waals surface area (Å²) >= 11 is 1.66. The third-order valence-electron chi connectivity index (χ3n) is 4.24. The number of amides is 1. The average molecular weight is 325 g/mol. The molecule has 1 atom stereocenters. The van der Waals surface area contributed by atoms with Crippen LogP contribution < -0.4 is 0 Å². The minimum absolute atomic E-state index is 0.156. The van der Waals surface area contributed by atoms with Crippen LogP contribution in [-0.2, 0) is 4.79 Å². The summed E-state index contributed by atoms with van der Waals surface area (Å²) < 4.78 is 0. The SMILES string of the molecule is O=C([C@H](Sc1ccccc1)c1ccccc1)N1CCCCCC1. The molecule has 3 heteroatoms. The molecule has 1 aliphatic rings. The molecule has 0 aliphatic carbocycles. The number of thioether (sulfide) groups is 1. The monoisotopic (exact) mass is 325 g/mol. The molecule has 23 heavy (non-hydrogen) atoms. The topological polar surface area (TPSA) is 20.3 Å². The Labute approximate surface area is 142 Å². The number of hydrogen-bond acceptors (Lipinski definition) is 2. The summed E-state index contributed by atoms with van der Waals surface area (Å²) in [5.41, 5.74) is 1.09. The summed E-state index contributed by atoms with van der Waals surface area (Å²) in [5.74, 6) is 0.256. The second-order valence-corrected chi connectivity index (χ2v) is 7.14. The van der Waals surface area contributed by atoms with Gasteiger partial charge in [-0.25, -0.2) is 0 Å². The lowest BCUT2D eigenvalue weighted by atomic mass is 10.1. The summed E-state index contributed by atoms with van der Waals surface area (Å²) in [5, 5.41) is -0.156. The fraction of sp³-hybridized carbons (Fsp3) is 0.350. The van der Waals surface area contributed by atoms with Crippen molar-refractivity contribution < 1.29 is 4.79 Å². The number of likely N-dealkylation sites (tertiary alicyclic amines) is 1. The van der Waals surface area contributed by atoms with Gasteiger partial charge < -0.3 is 4.90 Å². The highest BCUT2D eigenvalue weighted by atomic mass is 32.2. The fourth-order valence-corrected chi connectivity index (χ4v) is 4.11. The van der Waals surface area contributed by atoms with Crippen LogP contribution in [0.25, 0.3) is 0 Å². The first kappa shape index (κ1) is 16.1. The molecule has 0 radical (unpaired) electrons. The Morgan fingerprint density at radius 2 is 1.39 bits per heavy atom. The number of carbonyl (C=O) groups excluding carboxylic acids is 1. The maximum absolute atomic E-state index is 13.2. The minimum Gasteiger partial charge on any atom is -0.341 e. The van der Waals surface area contributed by atoms with Crippen LogP contribution in [0.2, 0.25) is 0 Å². The molecule has 0 spiro atoms. The molecule has 0 bridgehead atoms. The van der Waals surface area contributed by atoms with E-state index in [0.717, 1.165) is 36.4 Å². The van der Waals surface area contributed by atoms with Gasteiger partial charge >= 0.3 is 0 Å². The molecule has 0 N–H and O–H groups in total. The zero-order valence-electron chi connectivity index (χ0n) is 13.4. The van der Waals surface area contributed by atoms with Crippen molar-refractivity contribution in [2.45, 2.75) is 35.8 Å². The summed E-state index contributed by atoms with van der Waals surface area (Å²) in [6.45, 7) is 1.80. The van der Waals surface area contributed by atoms with Crippen LogP contribution in [0.1, 0.15) is 36.5 Å². The summed E-state index contributed by atoms with van der Waals surface area (Å²) in [6.07, 6.45) is 4.74. The zero-order chi connectivity index (χ0) is 15.9. The molecule has 0 aromatic heterocycles. The average Bonchev–Trinajstić information content (AvgIpc) is 2.90. The second-order valence-electron chi connectivity index (χ2n) is 5.96. The quantitative estimate of drug-likeness (QED) is 0.743. The first-order chi connectivity index (χ1) is 11.3. The molecule has 2 aromatic carbocycles. The lowest BCUT2D eigenvalue weighted by molar-refractivity contribution is -0.130. The maximum Gasteiger partial charge on any atom is 0.240 e. The summed E-state index contributed by atoms with van der Waals surface area (Å²) in [6, 6.07) is 20.4. The van der Waals surface area contributed by atoms with Gasteiger partial charge in [-0.2, -0.15) is 0 Å². The molecular weight excluding hydrogens is 302 g/mol. The Balaban J connectivity index is 1.83. The van der Waals surface area contributed by atoms with Crippen LogP contribution in [0.15, 0.2) is 65.6 Å². The first-order valence-corrected chi connectivity index (χ1v) is 9.28. The van der Waals surface area contributed by atoms with E-state index in [-0.39, 0.29) is 11.2 Å². The van der Waals surface area contributed by atoms with E-state index in [1.807, 2.05) is 36.4 Å². The predicted molar refractivity (Wildman–Crippen MR) is 96.5 cm³/mol. The van der Waals surface area contributed by atoms with E-state index < -0.39 is 0 Å². The van der Waals surface area contributed by atoms with Crippen molar-refractivity contribution >= 4 is 17.7 Å². The number of benzene rings is 2. The molecule has 120 valence electrons. The molecular formula is C20H23NOS. The first-order valence-electron chi connectivity index (χ1n) is 8.40. The number of rotatable bonds is 4. The fourth-order valence-electron chi connectivity index (χ4n) is 2.98. The third-order valence-corrected chi connectivity index (χ3v) is 5.50. The van der Waals surface area contributed by atoms with Crippen molar-refractivity contribution in [3.05, 3.63) is 66.2 Å². The van der Waals surface area contributed by atoms with Crippen molar-refractivity contribution in [2.75, 3.05) is 13.1 Å². The number of nitrogens with zero attached hydrogens (tertiary/aromatic N) is 1. The Morgan fingerprint density at radius 3 is 2.00 bits per heavy atom. The highest BCUT2D eigenvalue weighted by molar-refractivity contribution is 8.00. The van der Waals surface area contributed by atoms with Gasteiger partial charge in [-0.3, -0.25) is 4.79 Å². The summed E-state index contributed by atoms with van der Waals surface area (Å²) in [7, 11) is 0. The van der Waals surface area contributed by atoms with E-state index in [4.69, 9.17) is 0 Å². The highest BCUT2D eigenvalue weighted by Gasteiger charge is 2.27. The smallest absolute Gasteiger partial charge is 0.240 e. The van der Waals surface area contributed by atoms with Gasteiger partial charge in [-0.1, -0.05) is 61.4 Å². The Bertz CT molecular complexity index is 606. The van der Waals surface area contributed by atoms with E-state index in [1.54, 1.807) is 11.8 Å². The summed E-state index contributed by atoms with van der Waals surface area (Å²) in [4.78, 5) is 16.4. The molecule has 1 amide bonds. The molecule has 0 unspecified atom stereocenters. The number of carbonyl (C=O) groups is 1. The Morgan fingerprint density at radius 1 is 0.826 bits per heavy atom. The van der Waals surface area contributed by atoms with Crippen LogP contribution in [0.3, 0.4) is 0 Å². The molecule has 1 heterocycles. The molecule has 2 aromatic rings. The van der Waals surface area contributed by atoms with E-state index in [2.05, 4.69) is 29.2 Å². The Hall–Kier alpha value is -1.74. The largest absolute Gasteiger partial charge is 0.341 e. The lowest BCUT2D eigenvalue weighted by Crippen LogP contribution is -2.35. The maximum atomic E-state index is 13.2. The second kappa shape index (κ2) is 8.21. The van der Waals surface area contributed by atoms with Gasteiger partial charge in [0.15, 0.2) is 0 Å². The highest BCUT2D eigenvalue weighted by Crippen LogP contribution is 2.37. The van der Waals surface area contributed by atoms with Crippen LogP contribution >= 0.6 is 11.8 Å². The van der Waals surface area contributed by atoms with Crippen LogP contribution in [0.5, 0.6) is 0 Å². The van der Waals surface area contributed by atoms with Gasteiger partial charge in [0.25, 0.3) is 0 Å². The van der Waals surface area contributed by atoms with Crippen molar-refractivity contribution in [3.63, 3.8) is 0 Å². The van der Waals surface area contributed by atoms with Crippen LogP contribution in [0.4, 0.5) is 0 Å². The van der Waals surface area contributed by atoms with Gasteiger partial charge in [-0.15, -0.1) is 11.8 Å². The van der Waals surface area contributed by atoms with Gasteiger partial charge in [0.05, 0.1) is 0 Å². The lowest BCUT2D eigenvalue weighted by Gasteiger charge is -2.26. The molecule has 3 rings (SSSR count). The van der Waals surface area contributed by atoms with Crippen LogP contribution in [0, 0.1) is 0 Å². The minimum atomic E-state index is -0.156. The molecule has 0 saturated carbocycles. The Kier molecular flexibility index (Phi) is 5.76. The van der Waals surface area contributed by atoms with Gasteiger partial charge in [0.2, 0.25) is 5.91 Å². The predicted octanol–water partition coefficient (Wildman–Crippen LogP) is 4.92. The van der Waals surface area contributed by atoms with E-state index in [1.165, 1.54) is 12.8 Å². The number of hydrogen-bond donors (Lipinski definition) is 0. The van der Waals surface area contributed by atoms with Gasteiger partial charge in [-0.05, 0) is 30.5 Å². The van der Waals surface area contributed by atoms with Crippen molar-refractivity contribution in [3.8, 4) is 0 Å². The van der Waals surface area contributed by atoms with Crippen molar-refractivity contribution in [1.82, 2.24) is 4.90 Å². The molecule has 2 nitrogen and oxygen atoms in total. The van der Waals surface area contributed by atoms with E-state index in [0.29, 0.717) is 0 Å². The van der Waals surface area contributed by atoms with Gasteiger partial charge in [0.1, 0.15) is 5.25 Å². The molecule has 1 saturated heterocycles. The standard InChI is InChI=1S/C20H23NOS/c22-20(21-15-9-1-2-10-16-21)19(17-11-5-3-6-12-17)23-18-13-7-4-8-14-18/h3-8,11-14,19H,1-2,9-10,15-16H2/t19-/m1/s1. The van der Waals surface area contributed by atoms with E-state index >= 15 is 0 Å².